The van der Waals surface area contributed by atoms with E-state index < -0.39 is 7.25 Å². The van der Waals surface area contributed by atoms with E-state index in [2.05, 4.69) is 48.2 Å². The molecule has 0 nitrogen and oxygen atoms in total. The lowest BCUT2D eigenvalue weighted by atomic mass is 10.2. The van der Waals surface area contributed by atoms with E-state index in [1.807, 2.05) is 0 Å². The minimum absolute atomic E-state index is 0.137. The van der Waals surface area contributed by atoms with Gasteiger partial charge in [0.05, 0.1) is 0 Å². The highest BCUT2D eigenvalue weighted by atomic mass is 31.1. The van der Waals surface area contributed by atoms with Gasteiger partial charge < -0.3 is 17.3 Å². The molecule has 0 aromatic carbocycles. The van der Waals surface area contributed by atoms with Crippen LogP contribution in [0, 0.1) is 0 Å². The van der Waals surface area contributed by atoms with Crippen molar-refractivity contribution in [2.45, 2.75) is 51.9 Å². The molecule has 0 aromatic heterocycles. The minimum atomic E-state index is -6.00. The summed E-state index contributed by atoms with van der Waals surface area (Å²) in [5.74, 6) is 0. The zero-order valence-electron chi connectivity index (χ0n) is 10.5. The Kier molecular flexibility index (Phi) is 6.47. The number of rotatable bonds is 0. The number of hydrogen-bond acceptors (Lipinski definition) is 0. The average Bonchev–Trinajstić information content (AvgIpc) is 1.77. The Bertz CT molecular complexity index is 158. The summed E-state index contributed by atoms with van der Waals surface area (Å²) in [6.45, 7) is 16.4. The molecule has 0 aromatic rings. The lowest BCUT2D eigenvalue weighted by Crippen LogP contribution is -2.23. The molecule has 0 bridgehead atoms. The molecular weight excluding hydrogens is 226 g/mol. The van der Waals surface area contributed by atoms with E-state index in [9.17, 15) is 17.3 Å². The topological polar surface area (TPSA) is 0 Å². The van der Waals surface area contributed by atoms with Gasteiger partial charge in [-0.2, -0.15) is 0 Å². The summed E-state index contributed by atoms with van der Waals surface area (Å²) >= 11 is 0. The Hall–Kier alpha value is 0.215. The molecule has 0 N–H and O–H groups in total. The Morgan fingerprint density at radius 2 is 0.867 bits per heavy atom. The first-order chi connectivity index (χ1) is 6.15. The second-order valence-electron chi connectivity index (χ2n) is 5.40. The largest absolute Gasteiger partial charge is 0.673 e. The summed E-state index contributed by atoms with van der Waals surface area (Å²) in [4.78, 5) is 0. The van der Waals surface area contributed by atoms with Gasteiger partial charge in [-0.25, -0.2) is 0 Å². The van der Waals surface area contributed by atoms with Gasteiger partial charge in [-0.05, 0) is 17.0 Å². The van der Waals surface area contributed by atoms with Gasteiger partial charge >= 0.3 is 7.25 Å². The van der Waals surface area contributed by atoms with Crippen LogP contribution in [0.1, 0.15) is 41.5 Å². The summed E-state index contributed by atoms with van der Waals surface area (Å²) in [5.41, 5.74) is 0. The molecule has 0 aliphatic heterocycles. The normalized spacial score (nSPS) is 13.6. The molecule has 0 rings (SSSR count). The van der Waals surface area contributed by atoms with Crippen LogP contribution in [0.4, 0.5) is 17.3 Å². The maximum absolute atomic E-state index is 9.75. The van der Waals surface area contributed by atoms with Crippen molar-refractivity contribution < 1.29 is 17.3 Å². The van der Waals surface area contributed by atoms with Gasteiger partial charge in [0, 0.05) is 0 Å². The van der Waals surface area contributed by atoms with Crippen molar-refractivity contribution in [1.29, 1.82) is 0 Å². The van der Waals surface area contributed by atoms with Crippen LogP contribution in [0.5, 0.6) is 0 Å². The number of halogens is 4. The average molecular weight is 247 g/mol. The minimum Gasteiger partial charge on any atom is -0.418 e. The van der Waals surface area contributed by atoms with E-state index in [4.69, 9.17) is 0 Å². The molecule has 15 heavy (non-hydrogen) atoms. The molecule has 0 aliphatic rings. The molecule has 0 saturated heterocycles. The van der Waals surface area contributed by atoms with Crippen LogP contribution in [0.2, 0.25) is 0 Å². The molecule has 0 radical (unpaired) electrons. The molecule has 0 saturated carbocycles. The summed E-state index contributed by atoms with van der Waals surface area (Å²) in [7, 11) is -5.86. The van der Waals surface area contributed by atoms with E-state index in [0.29, 0.717) is 10.3 Å². The summed E-state index contributed by atoms with van der Waals surface area (Å²) < 4.78 is 39.0. The van der Waals surface area contributed by atoms with Crippen molar-refractivity contribution in [3.63, 3.8) is 0 Å². The molecule has 0 amide bonds. The highest BCUT2D eigenvalue weighted by molar-refractivity contribution is 7.60. The van der Waals surface area contributed by atoms with Crippen LogP contribution in [0.15, 0.2) is 0 Å². The standard InChI is InChI=1S/C9H21P.BF4/c1-8(2,3)10(7)9(4,5)6;2-1(3,4)5/h1-7H3;/q;-1. The van der Waals surface area contributed by atoms with Crippen molar-refractivity contribution in [2.24, 2.45) is 0 Å². The molecular formula is C9H21BF4P-. The van der Waals surface area contributed by atoms with Gasteiger partial charge in [0.1, 0.15) is 0 Å². The molecule has 0 fully saturated rings. The van der Waals surface area contributed by atoms with Gasteiger partial charge in [0.2, 0.25) is 0 Å². The Balaban J connectivity index is 0. The van der Waals surface area contributed by atoms with Crippen molar-refractivity contribution in [3.8, 4) is 0 Å². The third-order valence-electron chi connectivity index (χ3n) is 2.01. The quantitative estimate of drug-likeness (QED) is 0.321. The van der Waals surface area contributed by atoms with Crippen LogP contribution >= 0.6 is 7.92 Å². The zero-order valence-corrected chi connectivity index (χ0v) is 11.4. The van der Waals surface area contributed by atoms with Crippen molar-refractivity contribution >= 4 is 15.2 Å². The van der Waals surface area contributed by atoms with Gasteiger partial charge in [-0.1, -0.05) is 49.5 Å². The fourth-order valence-electron chi connectivity index (χ4n) is 1.01. The Morgan fingerprint density at radius 3 is 0.867 bits per heavy atom. The van der Waals surface area contributed by atoms with Crippen LogP contribution in [0.3, 0.4) is 0 Å². The smallest absolute Gasteiger partial charge is 0.418 e. The maximum Gasteiger partial charge on any atom is 0.673 e. The first-order valence-electron chi connectivity index (χ1n) is 4.77. The van der Waals surface area contributed by atoms with Gasteiger partial charge in [0.25, 0.3) is 0 Å². The fourth-order valence-corrected chi connectivity index (χ4v) is 3.02. The van der Waals surface area contributed by atoms with Gasteiger partial charge in [-0.15, -0.1) is 0 Å². The number of hydrogen-bond donors (Lipinski definition) is 0. The molecule has 0 unspecified atom stereocenters. The Morgan fingerprint density at radius 1 is 0.733 bits per heavy atom. The first-order valence-corrected chi connectivity index (χ1v) is 6.56. The van der Waals surface area contributed by atoms with E-state index in [1.54, 1.807) is 0 Å². The lowest BCUT2D eigenvalue weighted by Gasteiger charge is -2.38. The van der Waals surface area contributed by atoms with Crippen LogP contribution in [-0.2, 0) is 0 Å². The first kappa shape index (κ1) is 17.6. The third kappa shape index (κ3) is 14.2. The monoisotopic (exact) mass is 247 g/mol. The third-order valence-corrected chi connectivity index (χ3v) is 6.04. The molecule has 6 heteroatoms. The predicted octanol–water partition coefficient (Wildman–Crippen LogP) is 5.00. The van der Waals surface area contributed by atoms with Crippen molar-refractivity contribution in [3.05, 3.63) is 0 Å². The molecule has 0 aliphatic carbocycles. The summed E-state index contributed by atoms with van der Waals surface area (Å²) in [5, 5.41) is 1.02. The van der Waals surface area contributed by atoms with Gasteiger partial charge in [-0.3, -0.25) is 0 Å². The maximum atomic E-state index is 9.75. The molecule has 0 spiro atoms. The predicted molar refractivity (Wildman–Crippen MR) is 62.5 cm³/mol. The second kappa shape index (κ2) is 5.52. The van der Waals surface area contributed by atoms with Crippen molar-refractivity contribution in [2.75, 3.05) is 6.66 Å². The van der Waals surface area contributed by atoms with E-state index >= 15 is 0 Å². The van der Waals surface area contributed by atoms with E-state index in [-0.39, 0.29) is 7.92 Å². The summed E-state index contributed by atoms with van der Waals surface area (Å²) in [6, 6.07) is 0. The second-order valence-corrected chi connectivity index (χ2v) is 9.20. The van der Waals surface area contributed by atoms with Gasteiger partial charge in [0.15, 0.2) is 0 Å². The Labute approximate surface area is 91.7 Å². The highest BCUT2D eigenvalue weighted by Crippen LogP contribution is 2.55. The zero-order chi connectivity index (χ0) is 13.1. The molecule has 0 atom stereocenters. The van der Waals surface area contributed by atoms with Crippen LogP contribution < -0.4 is 0 Å². The lowest BCUT2D eigenvalue weighted by molar-refractivity contribution is 0.368. The highest BCUT2D eigenvalue weighted by Gasteiger charge is 2.29. The summed E-state index contributed by atoms with van der Waals surface area (Å²) in [6.07, 6.45) is 0. The SMILES string of the molecule is CP(C(C)(C)C)C(C)(C)C.F[B-](F)(F)F. The van der Waals surface area contributed by atoms with Crippen LogP contribution in [-0.4, -0.2) is 24.2 Å². The molecule has 94 valence electrons. The van der Waals surface area contributed by atoms with Crippen LogP contribution in [0.25, 0.3) is 0 Å². The van der Waals surface area contributed by atoms with E-state index in [1.165, 1.54) is 0 Å². The van der Waals surface area contributed by atoms with Crippen molar-refractivity contribution in [1.82, 2.24) is 0 Å². The van der Waals surface area contributed by atoms with E-state index in [0.717, 1.165) is 0 Å². The fraction of sp³-hybridized carbons (Fsp3) is 1.00. The molecule has 0 heterocycles.